The van der Waals surface area contributed by atoms with Crippen molar-refractivity contribution in [1.29, 1.82) is 0 Å². The molecule has 0 saturated heterocycles. The largest absolute Gasteiger partial charge is 0.480 e. The van der Waals surface area contributed by atoms with Crippen molar-refractivity contribution >= 4 is 5.97 Å². The van der Waals surface area contributed by atoms with Crippen molar-refractivity contribution in [2.45, 2.75) is 39.3 Å². The van der Waals surface area contributed by atoms with Crippen LogP contribution < -0.4 is 5.32 Å². The molecule has 1 aromatic rings. The molecular weight excluding hydrogens is 214 g/mol. The van der Waals surface area contributed by atoms with Gasteiger partial charge in [-0.1, -0.05) is 44.2 Å². The molecule has 0 fully saturated rings. The highest BCUT2D eigenvalue weighted by molar-refractivity contribution is 5.73. The lowest BCUT2D eigenvalue weighted by atomic mass is 10.0. The smallest absolute Gasteiger partial charge is 0.320 e. The van der Waals surface area contributed by atoms with Crippen molar-refractivity contribution in [2.24, 2.45) is 5.92 Å². The van der Waals surface area contributed by atoms with E-state index in [0.717, 1.165) is 6.42 Å². The van der Waals surface area contributed by atoms with Gasteiger partial charge in [-0.3, -0.25) is 4.79 Å². The molecule has 17 heavy (non-hydrogen) atoms. The summed E-state index contributed by atoms with van der Waals surface area (Å²) >= 11 is 0. The van der Waals surface area contributed by atoms with E-state index >= 15 is 0 Å². The third kappa shape index (κ3) is 4.57. The van der Waals surface area contributed by atoms with E-state index in [1.54, 1.807) is 0 Å². The normalized spacial score (nSPS) is 14.6. The van der Waals surface area contributed by atoms with E-state index in [0.29, 0.717) is 0 Å². The van der Waals surface area contributed by atoms with E-state index in [9.17, 15) is 4.79 Å². The fourth-order valence-corrected chi connectivity index (χ4v) is 1.88. The molecule has 0 aliphatic carbocycles. The maximum absolute atomic E-state index is 11.1. The monoisotopic (exact) mass is 235 g/mol. The maximum atomic E-state index is 11.1. The second-order valence-corrected chi connectivity index (χ2v) is 4.82. The molecule has 0 aliphatic rings. The molecule has 0 aliphatic heterocycles. The minimum absolute atomic E-state index is 0.0886. The highest BCUT2D eigenvalue weighted by Gasteiger charge is 2.22. The number of carboxylic acid groups (broad SMARTS) is 1. The van der Waals surface area contributed by atoms with Crippen LogP contribution in [0.4, 0.5) is 0 Å². The van der Waals surface area contributed by atoms with Gasteiger partial charge in [-0.05, 0) is 24.8 Å². The zero-order chi connectivity index (χ0) is 12.8. The van der Waals surface area contributed by atoms with Gasteiger partial charge in [0.1, 0.15) is 6.04 Å². The quantitative estimate of drug-likeness (QED) is 0.795. The Hall–Kier alpha value is -1.35. The number of carboxylic acids is 1. The van der Waals surface area contributed by atoms with Gasteiger partial charge < -0.3 is 10.4 Å². The SMILES string of the molecule is CC(Cc1ccccc1)NC(C(=O)O)C(C)C. The van der Waals surface area contributed by atoms with E-state index in [4.69, 9.17) is 5.11 Å². The Morgan fingerprint density at radius 3 is 2.29 bits per heavy atom. The van der Waals surface area contributed by atoms with Crippen LogP contribution in [0.25, 0.3) is 0 Å². The van der Waals surface area contributed by atoms with E-state index in [2.05, 4.69) is 17.4 Å². The molecular formula is C14H21NO2. The Labute approximate surface area is 103 Å². The zero-order valence-electron chi connectivity index (χ0n) is 10.7. The van der Waals surface area contributed by atoms with Gasteiger partial charge >= 0.3 is 5.97 Å². The number of aliphatic carboxylic acids is 1. The number of hydrogen-bond donors (Lipinski definition) is 2. The Kier molecular flexibility index (Phi) is 5.16. The van der Waals surface area contributed by atoms with Crippen LogP contribution in [-0.4, -0.2) is 23.2 Å². The summed E-state index contributed by atoms with van der Waals surface area (Å²) < 4.78 is 0. The summed E-state index contributed by atoms with van der Waals surface area (Å²) in [5.41, 5.74) is 1.22. The third-order valence-corrected chi connectivity index (χ3v) is 2.78. The molecule has 1 rings (SSSR count). The van der Waals surface area contributed by atoms with Crippen LogP contribution in [0.2, 0.25) is 0 Å². The summed E-state index contributed by atoms with van der Waals surface area (Å²) in [5, 5.41) is 12.3. The number of carbonyl (C=O) groups is 1. The van der Waals surface area contributed by atoms with Crippen molar-refractivity contribution in [2.75, 3.05) is 0 Å². The first-order valence-electron chi connectivity index (χ1n) is 6.03. The molecule has 0 heterocycles. The maximum Gasteiger partial charge on any atom is 0.320 e. The van der Waals surface area contributed by atoms with Crippen LogP contribution in [0.3, 0.4) is 0 Å². The molecule has 0 radical (unpaired) electrons. The van der Waals surface area contributed by atoms with E-state index < -0.39 is 12.0 Å². The van der Waals surface area contributed by atoms with Gasteiger partial charge in [-0.15, -0.1) is 0 Å². The van der Waals surface area contributed by atoms with Gasteiger partial charge in [-0.25, -0.2) is 0 Å². The summed E-state index contributed by atoms with van der Waals surface area (Å²) in [5.74, 6) is -0.689. The molecule has 3 heteroatoms. The summed E-state index contributed by atoms with van der Waals surface area (Å²) in [6, 6.07) is 9.77. The summed E-state index contributed by atoms with van der Waals surface area (Å²) in [6.45, 7) is 5.85. The summed E-state index contributed by atoms with van der Waals surface area (Å²) in [6.07, 6.45) is 0.845. The molecule has 2 N–H and O–H groups in total. The highest BCUT2D eigenvalue weighted by Crippen LogP contribution is 2.07. The molecule has 3 nitrogen and oxygen atoms in total. The van der Waals surface area contributed by atoms with Crippen molar-refractivity contribution in [3.63, 3.8) is 0 Å². The lowest BCUT2D eigenvalue weighted by molar-refractivity contribution is -0.140. The van der Waals surface area contributed by atoms with Crippen LogP contribution in [0, 0.1) is 5.92 Å². The van der Waals surface area contributed by atoms with Gasteiger partial charge in [0.2, 0.25) is 0 Å². The molecule has 0 amide bonds. The van der Waals surface area contributed by atoms with Crippen LogP contribution in [0.15, 0.2) is 30.3 Å². The molecule has 2 unspecified atom stereocenters. The number of nitrogens with one attached hydrogen (secondary N) is 1. The Morgan fingerprint density at radius 1 is 1.24 bits per heavy atom. The molecule has 0 spiro atoms. The third-order valence-electron chi connectivity index (χ3n) is 2.78. The van der Waals surface area contributed by atoms with Crippen molar-refractivity contribution in [3.8, 4) is 0 Å². The number of hydrogen-bond acceptors (Lipinski definition) is 2. The molecule has 94 valence electrons. The van der Waals surface area contributed by atoms with E-state index in [-0.39, 0.29) is 12.0 Å². The lowest BCUT2D eigenvalue weighted by Crippen LogP contribution is -2.46. The number of benzene rings is 1. The van der Waals surface area contributed by atoms with Gasteiger partial charge in [-0.2, -0.15) is 0 Å². The zero-order valence-corrected chi connectivity index (χ0v) is 10.7. The van der Waals surface area contributed by atoms with Gasteiger partial charge in [0.25, 0.3) is 0 Å². The Balaban J connectivity index is 2.54. The van der Waals surface area contributed by atoms with Crippen molar-refractivity contribution in [1.82, 2.24) is 5.32 Å². The second-order valence-electron chi connectivity index (χ2n) is 4.82. The lowest BCUT2D eigenvalue weighted by Gasteiger charge is -2.23. The van der Waals surface area contributed by atoms with Gasteiger partial charge in [0.15, 0.2) is 0 Å². The average Bonchev–Trinajstić information content (AvgIpc) is 2.26. The van der Waals surface area contributed by atoms with Crippen LogP contribution in [0.5, 0.6) is 0 Å². The predicted octanol–water partition coefficient (Wildman–Crippen LogP) is 2.32. The molecule has 0 aromatic heterocycles. The van der Waals surface area contributed by atoms with Crippen LogP contribution >= 0.6 is 0 Å². The molecule has 2 atom stereocenters. The number of rotatable bonds is 6. The highest BCUT2D eigenvalue weighted by atomic mass is 16.4. The van der Waals surface area contributed by atoms with Crippen LogP contribution in [0.1, 0.15) is 26.3 Å². The van der Waals surface area contributed by atoms with Crippen LogP contribution in [-0.2, 0) is 11.2 Å². The first kappa shape index (κ1) is 13.7. The Morgan fingerprint density at radius 2 is 1.82 bits per heavy atom. The first-order chi connectivity index (χ1) is 8.00. The van der Waals surface area contributed by atoms with E-state index in [1.807, 2.05) is 39.0 Å². The standard InChI is InChI=1S/C14H21NO2/c1-10(2)13(14(16)17)15-11(3)9-12-7-5-4-6-8-12/h4-8,10-11,13,15H,9H2,1-3H3,(H,16,17). The second kappa shape index (κ2) is 6.40. The molecule has 1 aromatic carbocycles. The summed E-state index contributed by atoms with van der Waals surface area (Å²) in [4.78, 5) is 11.1. The van der Waals surface area contributed by atoms with Gasteiger partial charge in [0, 0.05) is 6.04 Å². The molecule has 0 saturated carbocycles. The predicted molar refractivity (Wildman–Crippen MR) is 69.0 cm³/mol. The van der Waals surface area contributed by atoms with Gasteiger partial charge in [0.05, 0.1) is 0 Å². The Bertz CT molecular complexity index is 348. The summed E-state index contributed by atoms with van der Waals surface area (Å²) in [7, 11) is 0. The average molecular weight is 235 g/mol. The molecule has 0 bridgehead atoms. The topological polar surface area (TPSA) is 49.3 Å². The first-order valence-corrected chi connectivity index (χ1v) is 6.03. The fraction of sp³-hybridized carbons (Fsp3) is 0.500. The van der Waals surface area contributed by atoms with Crippen molar-refractivity contribution < 1.29 is 9.90 Å². The minimum atomic E-state index is -0.778. The van der Waals surface area contributed by atoms with E-state index in [1.165, 1.54) is 5.56 Å². The fourth-order valence-electron chi connectivity index (χ4n) is 1.88. The minimum Gasteiger partial charge on any atom is -0.480 e. The van der Waals surface area contributed by atoms with Crippen molar-refractivity contribution in [3.05, 3.63) is 35.9 Å².